The highest BCUT2D eigenvalue weighted by Crippen LogP contribution is 2.55. The monoisotopic (exact) mass is 362 g/mol. The topological polar surface area (TPSA) is 81.5 Å². The van der Waals surface area contributed by atoms with E-state index >= 15 is 0 Å². The lowest BCUT2D eigenvalue weighted by molar-refractivity contribution is -0.139. The number of halogens is 1. The van der Waals surface area contributed by atoms with Crippen LogP contribution in [0, 0.1) is 12.8 Å². The van der Waals surface area contributed by atoms with E-state index in [2.05, 4.69) is 9.97 Å². The molecule has 1 aliphatic rings. The van der Waals surface area contributed by atoms with Crippen molar-refractivity contribution in [2.75, 3.05) is 13.7 Å². The van der Waals surface area contributed by atoms with Crippen LogP contribution in [0.25, 0.3) is 0 Å². The van der Waals surface area contributed by atoms with Crippen LogP contribution in [0.3, 0.4) is 0 Å². The van der Waals surface area contributed by atoms with Crippen molar-refractivity contribution in [3.8, 4) is 5.75 Å². The molecule has 0 bridgehead atoms. The number of carboxylic acid groups (broad SMARTS) is 1. The normalized spacial score (nSPS) is 21.8. The number of ether oxygens (including phenoxy) is 2. The summed E-state index contributed by atoms with van der Waals surface area (Å²) in [5.74, 6) is -0.201. The number of hydrogen-bond acceptors (Lipinski definition) is 5. The van der Waals surface area contributed by atoms with E-state index in [0.717, 1.165) is 5.56 Å². The van der Waals surface area contributed by atoms with Gasteiger partial charge in [0, 0.05) is 17.5 Å². The number of aryl methyl sites for hydroxylation is 1. The molecular formula is C18H19ClN2O4. The number of carbonyl (C=O) groups is 1. The van der Waals surface area contributed by atoms with Gasteiger partial charge in [0.05, 0.1) is 25.3 Å². The van der Waals surface area contributed by atoms with Gasteiger partial charge in [-0.1, -0.05) is 23.7 Å². The first-order valence-electron chi connectivity index (χ1n) is 7.89. The Morgan fingerprint density at radius 3 is 2.92 bits per heavy atom. The van der Waals surface area contributed by atoms with Crippen LogP contribution in [0.1, 0.15) is 23.5 Å². The maximum Gasteiger partial charge on any atom is 0.307 e. The molecule has 1 saturated carbocycles. The molecule has 1 aromatic carbocycles. The zero-order chi connectivity index (χ0) is 18.0. The van der Waals surface area contributed by atoms with Crippen LogP contribution in [-0.4, -0.2) is 34.8 Å². The van der Waals surface area contributed by atoms with E-state index < -0.39 is 17.3 Å². The molecule has 0 saturated heterocycles. The summed E-state index contributed by atoms with van der Waals surface area (Å²) in [4.78, 5) is 20.0. The largest absolute Gasteiger partial charge is 0.489 e. The third-order valence-corrected chi connectivity index (χ3v) is 4.72. The molecule has 7 heteroatoms. The number of methoxy groups -OCH3 is 1. The van der Waals surface area contributed by atoms with Crippen LogP contribution in [0.15, 0.2) is 30.5 Å². The smallest absolute Gasteiger partial charge is 0.307 e. The van der Waals surface area contributed by atoms with Crippen molar-refractivity contribution < 1.29 is 19.4 Å². The van der Waals surface area contributed by atoms with Crippen LogP contribution in [-0.2, 0) is 21.6 Å². The quantitative estimate of drug-likeness (QED) is 0.815. The highest BCUT2D eigenvalue weighted by molar-refractivity contribution is 6.30. The Kier molecular flexibility index (Phi) is 4.92. The standard InChI is InChI=1S/C18H19ClN2O4/c1-11-20-8-16(15(21-11)9-24-2)25-10-18(7-14(18)17(22)23)12-4-3-5-13(19)6-12/h3-6,8,14H,7,9-10H2,1-2H3,(H,22,23). The molecule has 25 heavy (non-hydrogen) atoms. The highest BCUT2D eigenvalue weighted by Gasteiger charge is 2.60. The summed E-state index contributed by atoms with van der Waals surface area (Å²) < 4.78 is 11.1. The first-order chi connectivity index (χ1) is 12.0. The molecule has 0 amide bonds. The number of carboxylic acids is 1. The summed E-state index contributed by atoms with van der Waals surface area (Å²) in [6.45, 7) is 2.30. The molecule has 132 valence electrons. The molecule has 0 spiro atoms. The van der Waals surface area contributed by atoms with Crippen LogP contribution >= 0.6 is 11.6 Å². The summed E-state index contributed by atoms with van der Waals surface area (Å²) in [7, 11) is 1.58. The van der Waals surface area contributed by atoms with Crippen molar-refractivity contribution >= 4 is 17.6 Å². The molecule has 0 radical (unpaired) electrons. The lowest BCUT2D eigenvalue weighted by atomic mass is 9.94. The van der Waals surface area contributed by atoms with Crippen LogP contribution in [0.5, 0.6) is 5.75 Å². The molecule has 6 nitrogen and oxygen atoms in total. The van der Waals surface area contributed by atoms with Gasteiger partial charge in [0.1, 0.15) is 11.5 Å². The first kappa shape index (κ1) is 17.6. The number of rotatable bonds is 7. The first-order valence-corrected chi connectivity index (χ1v) is 8.27. The lowest BCUT2D eigenvalue weighted by Gasteiger charge is -2.19. The molecule has 1 N–H and O–H groups in total. The summed E-state index contributed by atoms with van der Waals surface area (Å²) in [6.07, 6.45) is 2.11. The van der Waals surface area contributed by atoms with Crippen LogP contribution in [0.2, 0.25) is 5.02 Å². The average molecular weight is 363 g/mol. The highest BCUT2D eigenvalue weighted by atomic mass is 35.5. The molecule has 2 atom stereocenters. The van der Waals surface area contributed by atoms with Crippen molar-refractivity contribution in [3.63, 3.8) is 0 Å². The van der Waals surface area contributed by atoms with Gasteiger partial charge < -0.3 is 14.6 Å². The molecule has 2 unspecified atom stereocenters. The van der Waals surface area contributed by atoms with E-state index in [1.165, 1.54) is 0 Å². The van der Waals surface area contributed by atoms with Crippen molar-refractivity contribution in [1.82, 2.24) is 9.97 Å². The number of benzene rings is 1. The Hall–Kier alpha value is -2.18. The number of aliphatic carboxylic acids is 1. The second-order valence-corrected chi connectivity index (χ2v) is 6.65. The fraction of sp³-hybridized carbons (Fsp3) is 0.389. The van der Waals surface area contributed by atoms with Gasteiger partial charge in [-0.05, 0) is 31.0 Å². The second-order valence-electron chi connectivity index (χ2n) is 6.21. The van der Waals surface area contributed by atoms with Gasteiger partial charge >= 0.3 is 5.97 Å². The zero-order valence-corrected chi connectivity index (χ0v) is 14.8. The van der Waals surface area contributed by atoms with Gasteiger partial charge in [-0.3, -0.25) is 4.79 Å². The van der Waals surface area contributed by atoms with E-state index in [0.29, 0.717) is 35.3 Å². The number of nitrogens with zero attached hydrogens (tertiary/aromatic N) is 2. The van der Waals surface area contributed by atoms with E-state index in [1.807, 2.05) is 12.1 Å². The predicted molar refractivity (Wildman–Crippen MR) is 91.8 cm³/mol. The molecular weight excluding hydrogens is 344 g/mol. The van der Waals surface area contributed by atoms with Crippen LogP contribution < -0.4 is 4.74 Å². The average Bonchev–Trinajstić information content (AvgIpc) is 3.31. The molecule has 0 aliphatic heterocycles. The summed E-state index contributed by atoms with van der Waals surface area (Å²) in [5, 5.41) is 10.0. The Bertz CT molecular complexity index is 798. The van der Waals surface area contributed by atoms with E-state index in [-0.39, 0.29) is 6.61 Å². The van der Waals surface area contributed by atoms with E-state index in [1.54, 1.807) is 32.4 Å². The lowest BCUT2D eigenvalue weighted by Crippen LogP contribution is -2.24. The molecule has 1 fully saturated rings. The Labute approximate surface area is 150 Å². The summed E-state index contributed by atoms with van der Waals surface area (Å²) in [6, 6.07) is 7.28. The van der Waals surface area contributed by atoms with Crippen molar-refractivity contribution in [2.24, 2.45) is 5.92 Å². The minimum absolute atomic E-state index is 0.216. The van der Waals surface area contributed by atoms with Crippen molar-refractivity contribution in [3.05, 3.63) is 52.6 Å². The minimum Gasteiger partial charge on any atom is -0.489 e. The Balaban J connectivity index is 1.85. The fourth-order valence-electron chi connectivity index (χ4n) is 3.06. The summed E-state index contributed by atoms with van der Waals surface area (Å²) >= 11 is 6.08. The maximum absolute atomic E-state index is 11.5. The second kappa shape index (κ2) is 6.98. The zero-order valence-electron chi connectivity index (χ0n) is 14.0. The fourth-order valence-corrected chi connectivity index (χ4v) is 3.25. The van der Waals surface area contributed by atoms with Gasteiger partial charge in [0.25, 0.3) is 0 Å². The van der Waals surface area contributed by atoms with Crippen molar-refractivity contribution in [2.45, 2.75) is 25.4 Å². The molecule has 2 aromatic rings. The summed E-state index contributed by atoms with van der Waals surface area (Å²) in [5.41, 5.74) is 0.920. The molecule has 1 heterocycles. The van der Waals surface area contributed by atoms with Gasteiger partial charge in [0.2, 0.25) is 0 Å². The predicted octanol–water partition coefficient (Wildman–Crippen LogP) is 3.01. The van der Waals surface area contributed by atoms with Gasteiger partial charge in [-0.2, -0.15) is 0 Å². The SMILES string of the molecule is COCc1nc(C)ncc1OCC1(c2cccc(Cl)c2)CC1C(=O)O. The van der Waals surface area contributed by atoms with Gasteiger partial charge in [-0.25, -0.2) is 9.97 Å². The minimum atomic E-state index is -0.833. The number of aromatic nitrogens is 2. The maximum atomic E-state index is 11.5. The van der Waals surface area contributed by atoms with Crippen LogP contribution in [0.4, 0.5) is 0 Å². The van der Waals surface area contributed by atoms with Gasteiger partial charge in [-0.15, -0.1) is 0 Å². The van der Waals surface area contributed by atoms with Crippen molar-refractivity contribution in [1.29, 1.82) is 0 Å². The third kappa shape index (κ3) is 3.60. The van der Waals surface area contributed by atoms with Gasteiger partial charge in [0.15, 0.2) is 5.75 Å². The van der Waals surface area contributed by atoms with E-state index in [9.17, 15) is 9.90 Å². The molecule has 1 aromatic heterocycles. The molecule has 1 aliphatic carbocycles. The number of hydrogen-bond donors (Lipinski definition) is 1. The third-order valence-electron chi connectivity index (χ3n) is 4.49. The van der Waals surface area contributed by atoms with E-state index in [4.69, 9.17) is 21.1 Å². The Morgan fingerprint density at radius 2 is 2.28 bits per heavy atom. The molecule has 3 rings (SSSR count). The Morgan fingerprint density at radius 1 is 1.48 bits per heavy atom.